The van der Waals surface area contributed by atoms with Gasteiger partial charge in [0.05, 0.1) is 17.8 Å². The lowest BCUT2D eigenvalue weighted by Gasteiger charge is -2.15. The third-order valence-electron chi connectivity index (χ3n) is 4.57. The Labute approximate surface area is 155 Å². The smallest absolute Gasteiger partial charge is 0.254 e. The molecule has 0 bridgehead atoms. The van der Waals surface area contributed by atoms with Gasteiger partial charge in [-0.15, -0.1) is 0 Å². The van der Waals surface area contributed by atoms with Crippen molar-refractivity contribution < 1.29 is 9.32 Å². The Morgan fingerprint density at radius 3 is 3.00 bits per heavy atom. The summed E-state index contributed by atoms with van der Waals surface area (Å²) < 4.78 is 6.79. The molecule has 0 fully saturated rings. The van der Waals surface area contributed by atoms with Gasteiger partial charge in [-0.3, -0.25) is 9.48 Å². The van der Waals surface area contributed by atoms with Gasteiger partial charge in [-0.25, -0.2) is 0 Å². The minimum Gasteiger partial charge on any atom is -0.345 e. The fourth-order valence-corrected chi connectivity index (χ4v) is 3.66. The standard InChI is InChI=1S/C18H18ClN5O2/c1-3-15-22-17(23-26-15)11-6-10-4-5-14(16(10)13(19)7-11)21-18(25)12-8-20-24(2)9-12/h6-9,14H,3-5H2,1-2H3,(H,21,25). The van der Waals surface area contributed by atoms with Crippen LogP contribution in [0.1, 0.15) is 46.8 Å². The van der Waals surface area contributed by atoms with E-state index in [2.05, 4.69) is 20.6 Å². The first-order valence-corrected chi connectivity index (χ1v) is 8.87. The lowest BCUT2D eigenvalue weighted by atomic mass is 10.0. The van der Waals surface area contributed by atoms with Gasteiger partial charge in [0.2, 0.25) is 11.7 Å². The summed E-state index contributed by atoms with van der Waals surface area (Å²) in [6.07, 6.45) is 5.57. The fourth-order valence-electron chi connectivity index (χ4n) is 3.29. The maximum atomic E-state index is 12.4. The van der Waals surface area contributed by atoms with Crippen molar-refractivity contribution in [3.8, 4) is 11.4 Å². The zero-order valence-electron chi connectivity index (χ0n) is 14.5. The molecule has 26 heavy (non-hydrogen) atoms. The first-order valence-electron chi connectivity index (χ1n) is 8.50. The Kier molecular flexibility index (Phi) is 4.24. The molecule has 1 amide bonds. The average molecular weight is 372 g/mol. The summed E-state index contributed by atoms with van der Waals surface area (Å²) in [4.78, 5) is 16.8. The monoisotopic (exact) mass is 371 g/mol. The Bertz CT molecular complexity index is 978. The molecule has 0 saturated carbocycles. The molecule has 0 spiro atoms. The van der Waals surface area contributed by atoms with Crippen LogP contribution in [0.15, 0.2) is 29.0 Å². The summed E-state index contributed by atoms with van der Waals surface area (Å²) in [6.45, 7) is 1.96. The fraction of sp³-hybridized carbons (Fsp3) is 0.333. The van der Waals surface area contributed by atoms with Crippen molar-refractivity contribution in [3.05, 3.63) is 52.1 Å². The van der Waals surface area contributed by atoms with Gasteiger partial charge >= 0.3 is 0 Å². The van der Waals surface area contributed by atoms with E-state index in [1.807, 2.05) is 19.1 Å². The normalized spacial score (nSPS) is 15.9. The molecule has 0 aliphatic heterocycles. The van der Waals surface area contributed by atoms with E-state index in [1.54, 1.807) is 24.1 Å². The second-order valence-corrected chi connectivity index (χ2v) is 6.77. The van der Waals surface area contributed by atoms with Crippen molar-refractivity contribution in [2.24, 2.45) is 7.05 Å². The number of carbonyl (C=O) groups excluding carboxylic acids is 1. The Morgan fingerprint density at radius 2 is 2.31 bits per heavy atom. The SMILES string of the molecule is CCc1nc(-c2cc(Cl)c3c(c2)CCC3NC(=O)c2cnn(C)c2)no1. The van der Waals surface area contributed by atoms with E-state index < -0.39 is 0 Å². The van der Waals surface area contributed by atoms with Crippen LogP contribution in [0, 0.1) is 0 Å². The molecule has 1 atom stereocenters. The van der Waals surface area contributed by atoms with Crippen LogP contribution in [-0.2, 0) is 19.9 Å². The number of nitrogens with zero attached hydrogens (tertiary/aromatic N) is 4. The van der Waals surface area contributed by atoms with Crippen molar-refractivity contribution in [2.75, 3.05) is 0 Å². The number of halogens is 1. The largest absolute Gasteiger partial charge is 0.345 e. The number of aromatic nitrogens is 4. The molecule has 1 N–H and O–H groups in total. The lowest BCUT2D eigenvalue weighted by molar-refractivity contribution is 0.0936. The number of hydrogen-bond donors (Lipinski definition) is 1. The maximum Gasteiger partial charge on any atom is 0.254 e. The second kappa shape index (κ2) is 6.57. The molecule has 134 valence electrons. The van der Waals surface area contributed by atoms with Crippen LogP contribution in [0.5, 0.6) is 0 Å². The first kappa shape index (κ1) is 16.8. The third-order valence-corrected chi connectivity index (χ3v) is 4.88. The molecule has 8 heteroatoms. The molecule has 1 unspecified atom stereocenters. The average Bonchev–Trinajstić information content (AvgIpc) is 3.34. The van der Waals surface area contributed by atoms with E-state index in [4.69, 9.17) is 16.1 Å². The number of fused-ring (bicyclic) bond motifs is 1. The maximum absolute atomic E-state index is 12.4. The van der Waals surface area contributed by atoms with Crippen LogP contribution in [0.2, 0.25) is 5.02 Å². The van der Waals surface area contributed by atoms with Crippen LogP contribution in [0.4, 0.5) is 0 Å². The highest BCUT2D eigenvalue weighted by Gasteiger charge is 2.28. The zero-order valence-corrected chi connectivity index (χ0v) is 15.2. The lowest BCUT2D eigenvalue weighted by Crippen LogP contribution is -2.27. The van der Waals surface area contributed by atoms with Crippen LogP contribution in [-0.4, -0.2) is 25.8 Å². The molecule has 0 saturated heterocycles. The number of amides is 1. The molecule has 2 heterocycles. The van der Waals surface area contributed by atoms with Gasteiger partial charge < -0.3 is 9.84 Å². The highest BCUT2D eigenvalue weighted by atomic mass is 35.5. The molecular formula is C18H18ClN5O2. The van der Waals surface area contributed by atoms with Gasteiger partial charge in [-0.2, -0.15) is 10.1 Å². The van der Waals surface area contributed by atoms with E-state index in [0.29, 0.717) is 28.7 Å². The van der Waals surface area contributed by atoms with Gasteiger partial charge in [0, 0.05) is 30.3 Å². The highest BCUT2D eigenvalue weighted by molar-refractivity contribution is 6.32. The van der Waals surface area contributed by atoms with Gasteiger partial charge in [-0.05, 0) is 36.1 Å². The van der Waals surface area contributed by atoms with Crippen LogP contribution < -0.4 is 5.32 Å². The molecule has 1 aliphatic rings. The molecule has 0 radical (unpaired) electrons. The minimum absolute atomic E-state index is 0.115. The number of carbonyl (C=O) groups is 1. The third kappa shape index (κ3) is 2.99. The van der Waals surface area contributed by atoms with E-state index in [1.165, 1.54) is 0 Å². The van der Waals surface area contributed by atoms with Crippen molar-refractivity contribution in [2.45, 2.75) is 32.2 Å². The highest BCUT2D eigenvalue weighted by Crippen LogP contribution is 2.39. The summed E-state index contributed by atoms with van der Waals surface area (Å²) in [6, 6.07) is 3.75. The van der Waals surface area contributed by atoms with E-state index >= 15 is 0 Å². The second-order valence-electron chi connectivity index (χ2n) is 6.36. The summed E-state index contributed by atoms with van der Waals surface area (Å²) in [7, 11) is 1.78. The van der Waals surface area contributed by atoms with Crippen molar-refractivity contribution in [1.29, 1.82) is 0 Å². The quantitative estimate of drug-likeness (QED) is 0.761. The summed E-state index contributed by atoms with van der Waals surface area (Å²) >= 11 is 6.54. The number of hydrogen-bond acceptors (Lipinski definition) is 5. The molecule has 7 nitrogen and oxygen atoms in total. The van der Waals surface area contributed by atoms with Crippen molar-refractivity contribution in [3.63, 3.8) is 0 Å². The van der Waals surface area contributed by atoms with E-state index in [0.717, 1.165) is 29.5 Å². The topological polar surface area (TPSA) is 85.8 Å². The zero-order chi connectivity index (χ0) is 18.3. The number of aryl methyl sites for hydroxylation is 3. The Morgan fingerprint density at radius 1 is 1.46 bits per heavy atom. The van der Waals surface area contributed by atoms with Crippen LogP contribution >= 0.6 is 11.6 Å². The van der Waals surface area contributed by atoms with E-state index in [9.17, 15) is 4.79 Å². The van der Waals surface area contributed by atoms with Gasteiger partial charge in [0.1, 0.15) is 0 Å². The van der Waals surface area contributed by atoms with Crippen molar-refractivity contribution in [1.82, 2.24) is 25.2 Å². The Hall–Kier alpha value is -2.67. The predicted octanol–water partition coefficient (Wildman–Crippen LogP) is 3.10. The van der Waals surface area contributed by atoms with Gasteiger partial charge in [0.25, 0.3) is 5.91 Å². The first-order chi connectivity index (χ1) is 12.5. The van der Waals surface area contributed by atoms with Gasteiger partial charge in [0.15, 0.2) is 0 Å². The molecule has 1 aliphatic carbocycles. The summed E-state index contributed by atoms with van der Waals surface area (Å²) in [5.74, 6) is 0.981. The van der Waals surface area contributed by atoms with Crippen LogP contribution in [0.3, 0.4) is 0 Å². The molecule has 1 aromatic carbocycles. The van der Waals surface area contributed by atoms with E-state index in [-0.39, 0.29) is 11.9 Å². The van der Waals surface area contributed by atoms with Gasteiger partial charge in [-0.1, -0.05) is 23.7 Å². The minimum atomic E-state index is -0.151. The van der Waals surface area contributed by atoms with Crippen LogP contribution in [0.25, 0.3) is 11.4 Å². The Balaban J connectivity index is 1.60. The van der Waals surface area contributed by atoms with Crippen molar-refractivity contribution >= 4 is 17.5 Å². The molecule has 3 aromatic rings. The number of benzene rings is 1. The number of nitrogens with one attached hydrogen (secondary N) is 1. The molecule has 4 rings (SSSR count). The predicted molar refractivity (Wildman–Crippen MR) is 95.9 cm³/mol. The molecular weight excluding hydrogens is 354 g/mol. The number of rotatable bonds is 4. The summed E-state index contributed by atoms with van der Waals surface area (Å²) in [5, 5.41) is 11.7. The summed E-state index contributed by atoms with van der Waals surface area (Å²) in [5.41, 5.74) is 3.43. The molecule has 2 aromatic heterocycles.